The van der Waals surface area contributed by atoms with Crippen molar-refractivity contribution in [3.05, 3.63) is 35.4 Å². The topological polar surface area (TPSA) is 44.4 Å². The number of carbonyl (C=O) groups excluding carboxylic acids is 1. The molecule has 1 heterocycles. The minimum Gasteiger partial charge on any atom is -0.329 e. The van der Waals surface area contributed by atoms with E-state index in [9.17, 15) is 4.79 Å². The summed E-state index contributed by atoms with van der Waals surface area (Å²) in [6.07, 6.45) is 0.991. The highest BCUT2D eigenvalue weighted by molar-refractivity contribution is 5.77. The fraction of sp³-hybridized carbons (Fsp3) is 0.500. The molecule has 18 heavy (non-hydrogen) atoms. The van der Waals surface area contributed by atoms with Crippen molar-refractivity contribution < 1.29 is 4.79 Å². The van der Waals surface area contributed by atoms with Crippen LogP contribution in [0, 0.1) is 6.92 Å². The number of urea groups is 1. The van der Waals surface area contributed by atoms with Crippen molar-refractivity contribution in [1.82, 2.24) is 15.5 Å². The second kappa shape index (κ2) is 5.87. The molecule has 2 rings (SSSR count). The predicted octanol–water partition coefficient (Wildman–Crippen LogP) is 1.67. The molecule has 1 aromatic rings. The molecule has 0 bridgehead atoms. The predicted molar refractivity (Wildman–Crippen MR) is 72.6 cm³/mol. The smallest absolute Gasteiger partial charge is 0.318 e. The number of hydrogen-bond donors (Lipinski definition) is 2. The van der Waals surface area contributed by atoms with Gasteiger partial charge in [-0.1, -0.05) is 29.8 Å². The highest BCUT2D eigenvalue weighted by Crippen LogP contribution is 2.20. The van der Waals surface area contributed by atoms with E-state index in [0.29, 0.717) is 0 Å². The number of nitrogens with zero attached hydrogens (tertiary/aromatic N) is 1. The lowest BCUT2D eigenvalue weighted by atomic mass is 10.1. The van der Waals surface area contributed by atoms with Gasteiger partial charge < -0.3 is 15.5 Å². The number of nitrogens with one attached hydrogen (secondary N) is 2. The first-order valence-electron chi connectivity index (χ1n) is 6.47. The molecule has 1 saturated heterocycles. The van der Waals surface area contributed by atoms with Crippen LogP contribution in [0.1, 0.15) is 23.6 Å². The molecular formula is C14H21N3O. The van der Waals surface area contributed by atoms with Gasteiger partial charge in [-0.3, -0.25) is 0 Å². The number of benzene rings is 1. The van der Waals surface area contributed by atoms with E-state index in [1.54, 1.807) is 0 Å². The molecule has 0 aliphatic carbocycles. The highest BCUT2D eigenvalue weighted by atomic mass is 16.2. The molecule has 2 amide bonds. The van der Waals surface area contributed by atoms with Crippen LogP contribution in [0.3, 0.4) is 0 Å². The summed E-state index contributed by atoms with van der Waals surface area (Å²) in [5.41, 5.74) is 2.43. The summed E-state index contributed by atoms with van der Waals surface area (Å²) in [7, 11) is 1.93. The SMILES string of the molecule is CNCCCN1CC(c2ccc(C)cc2)NC1=O. The van der Waals surface area contributed by atoms with E-state index in [1.165, 1.54) is 11.1 Å². The molecule has 1 unspecified atom stereocenters. The Morgan fingerprint density at radius 3 is 2.78 bits per heavy atom. The Kier molecular flexibility index (Phi) is 4.20. The summed E-state index contributed by atoms with van der Waals surface area (Å²) >= 11 is 0. The second-order valence-electron chi connectivity index (χ2n) is 4.82. The molecule has 0 spiro atoms. The molecule has 1 fully saturated rings. The zero-order valence-corrected chi connectivity index (χ0v) is 11.1. The number of rotatable bonds is 5. The standard InChI is InChI=1S/C14H21N3O/c1-11-4-6-12(7-5-11)13-10-17(14(18)16-13)9-3-8-15-2/h4-7,13,15H,3,8-10H2,1-2H3,(H,16,18). The molecule has 0 radical (unpaired) electrons. The van der Waals surface area contributed by atoms with Gasteiger partial charge in [0.05, 0.1) is 6.04 Å². The Labute approximate surface area is 108 Å². The Balaban J connectivity index is 1.93. The van der Waals surface area contributed by atoms with Gasteiger partial charge in [-0.25, -0.2) is 4.79 Å². The van der Waals surface area contributed by atoms with Crippen molar-refractivity contribution in [3.8, 4) is 0 Å². The van der Waals surface area contributed by atoms with Gasteiger partial charge in [0.25, 0.3) is 0 Å². The molecular weight excluding hydrogens is 226 g/mol. The van der Waals surface area contributed by atoms with E-state index >= 15 is 0 Å². The van der Waals surface area contributed by atoms with Crippen molar-refractivity contribution in [2.24, 2.45) is 0 Å². The van der Waals surface area contributed by atoms with Crippen LogP contribution in [-0.2, 0) is 0 Å². The molecule has 1 aromatic carbocycles. The van der Waals surface area contributed by atoms with Crippen LogP contribution in [-0.4, -0.2) is 37.6 Å². The summed E-state index contributed by atoms with van der Waals surface area (Å²) in [6, 6.07) is 8.55. The van der Waals surface area contributed by atoms with Gasteiger partial charge in [-0.2, -0.15) is 0 Å². The summed E-state index contributed by atoms with van der Waals surface area (Å²) in [4.78, 5) is 13.7. The van der Waals surface area contributed by atoms with Crippen molar-refractivity contribution in [2.45, 2.75) is 19.4 Å². The van der Waals surface area contributed by atoms with Crippen molar-refractivity contribution >= 4 is 6.03 Å². The van der Waals surface area contributed by atoms with Crippen LogP contribution in [0.25, 0.3) is 0 Å². The minimum absolute atomic E-state index is 0.0525. The third kappa shape index (κ3) is 3.01. The fourth-order valence-corrected chi connectivity index (χ4v) is 2.22. The first-order chi connectivity index (χ1) is 8.70. The van der Waals surface area contributed by atoms with Crippen LogP contribution >= 0.6 is 0 Å². The first-order valence-corrected chi connectivity index (χ1v) is 6.47. The van der Waals surface area contributed by atoms with Crippen LogP contribution in [0.15, 0.2) is 24.3 Å². The number of hydrogen-bond acceptors (Lipinski definition) is 2. The van der Waals surface area contributed by atoms with Gasteiger partial charge in [-0.15, -0.1) is 0 Å². The zero-order chi connectivity index (χ0) is 13.0. The van der Waals surface area contributed by atoms with E-state index in [2.05, 4.69) is 41.8 Å². The summed E-state index contributed by atoms with van der Waals surface area (Å²) in [5, 5.41) is 6.13. The van der Waals surface area contributed by atoms with E-state index in [4.69, 9.17) is 0 Å². The third-order valence-corrected chi connectivity index (χ3v) is 3.32. The van der Waals surface area contributed by atoms with Crippen LogP contribution < -0.4 is 10.6 Å². The lowest BCUT2D eigenvalue weighted by Gasteiger charge is -2.14. The molecule has 0 aromatic heterocycles. The fourth-order valence-electron chi connectivity index (χ4n) is 2.22. The second-order valence-corrected chi connectivity index (χ2v) is 4.82. The van der Waals surface area contributed by atoms with E-state index in [-0.39, 0.29) is 12.1 Å². The maximum absolute atomic E-state index is 11.8. The van der Waals surface area contributed by atoms with Gasteiger partial charge in [0, 0.05) is 13.1 Å². The molecule has 2 N–H and O–H groups in total. The average molecular weight is 247 g/mol. The Morgan fingerprint density at radius 1 is 1.39 bits per heavy atom. The Bertz CT molecular complexity index is 402. The van der Waals surface area contributed by atoms with Gasteiger partial charge >= 0.3 is 6.03 Å². The van der Waals surface area contributed by atoms with Gasteiger partial charge in [0.15, 0.2) is 0 Å². The zero-order valence-electron chi connectivity index (χ0n) is 11.1. The number of aryl methyl sites for hydroxylation is 1. The maximum atomic E-state index is 11.8. The molecule has 1 aliphatic rings. The quantitative estimate of drug-likeness (QED) is 0.777. The van der Waals surface area contributed by atoms with E-state index < -0.39 is 0 Å². The molecule has 1 atom stereocenters. The first kappa shape index (κ1) is 12.9. The molecule has 4 heteroatoms. The lowest BCUT2D eigenvalue weighted by Crippen LogP contribution is -2.30. The molecule has 0 saturated carbocycles. The summed E-state index contributed by atoms with van der Waals surface area (Å²) in [6.45, 7) is 4.60. The number of carbonyl (C=O) groups is 1. The largest absolute Gasteiger partial charge is 0.329 e. The van der Waals surface area contributed by atoms with Crippen LogP contribution in [0.4, 0.5) is 4.79 Å². The van der Waals surface area contributed by atoms with Gasteiger partial charge in [-0.05, 0) is 32.5 Å². The monoisotopic (exact) mass is 247 g/mol. The van der Waals surface area contributed by atoms with Crippen LogP contribution in [0.2, 0.25) is 0 Å². The normalized spacial score (nSPS) is 19.1. The average Bonchev–Trinajstić information content (AvgIpc) is 2.72. The molecule has 1 aliphatic heterocycles. The van der Waals surface area contributed by atoms with E-state index in [1.807, 2.05) is 11.9 Å². The summed E-state index contributed by atoms with van der Waals surface area (Å²) < 4.78 is 0. The van der Waals surface area contributed by atoms with Crippen molar-refractivity contribution in [3.63, 3.8) is 0 Å². The van der Waals surface area contributed by atoms with Gasteiger partial charge in [0.1, 0.15) is 0 Å². The minimum atomic E-state index is 0.0525. The van der Waals surface area contributed by atoms with E-state index in [0.717, 1.165) is 26.1 Å². The highest BCUT2D eigenvalue weighted by Gasteiger charge is 2.28. The maximum Gasteiger partial charge on any atom is 0.318 e. The van der Waals surface area contributed by atoms with Crippen molar-refractivity contribution in [1.29, 1.82) is 0 Å². The van der Waals surface area contributed by atoms with Crippen molar-refractivity contribution in [2.75, 3.05) is 26.7 Å². The number of amides is 2. The van der Waals surface area contributed by atoms with Gasteiger partial charge in [0.2, 0.25) is 0 Å². The summed E-state index contributed by atoms with van der Waals surface area (Å²) in [5.74, 6) is 0. The Hall–Kier alpha value is -1.55. The molecule has 98 valence electrons. The lowest BCUT2D eigenvalue weighted by molar-refractivity contribution is 0.217. The van der Waals surface area contributed by atoms with Crippen LogP contribution in [0.5, 0.6) is 0 Å². The Morgan fingerprint density at radius 2 is 2.11 bits per heavy atom. The third-order valence-electron chi connectivity index (χ3n) is 3.32. The molecule has 4 nitrogen and oxygen atoms in total.